The second kappa shape index (κ2) is 5.81. The van der Waals surface area contributed by atoms with Crippen molar-refractivity contribution in [3.63, 3.8) is 0 Å². The fraction of sp³-hybridized carbons (Fsp3) is 0.214. The van der Waals surface area contributed by atoms with Gasteiger partial charge in [0.25, 0.3) is 0 Å². The maximum atomic E-state index is 12.5. The second-order valence-corrected chi connectivity index (χ2v) is 4.16. The van der Waals surface area contributed by atoms with Gasteiger partial charge in [-0.25, -0.2) is 4.98 Å². The summed E-state index contributed by atoms with van der Waals surface area (Å²) in [6.07, 6.45) is -3.96. The van der Waals surface area contributed by atoms with Crippen molar-refractivity contribution in [1.29, 1.82) is 0 Å². The van der Waals surface area contributed by atoms with Crippen LogP contribution < -0.4 is 10.5 Å². The van der Waals surface area contributed by atoms with Crippen molar-refractivity contribution in [2.75, 3.05) is 12.3 Å². The number of nitrogen functional groups attached to an aromatic ring is 1. The number of hydrogen-bond acceptors (Lipinski definition) is 3. The van der Waals surface area contributed by atoms with Crippen molar-refractivity contribution in [2.45, 2.75) is 12.6 Å². The van der Waals surface area contributed by atoms with E-state index >= 15 is 0 Å². The molecule has 0 spiro atoms. The molecule has 2 aromatic rings. The first kappa shape index (κ1) is 14.2. The van der Waals surface area contributed by atoms with Crippen LogP contribution in [0.4, 0.5) is 18.9 Å². The SMILES string of the molecule is Nc1ccccc1CCOc1cccc(C(F)(F)F)n1. The Morgan fingerprint density at radius 1 is 1.05 bits per heavy atom. The third kappa shape index (κ3) is 3.63. The van der Waals surface area contributed by atoms with Gasteiger partial charge in [0, 0.05) is 18.2 Å². The molecule has 3 nitrogen and oxygen atoms in total. The monoisotopic (exact) mass is 282 g/mol. The summed E-state index contributed by atoms with van der Waals surface area (Å²) in [5, 5.41) is 0. The molecule has 1 heterocycles. The molecule has 0 aliphatic carbocycles. The van der Waals surface area contributed by atoms with Crippen LogP contribution in [0.1, 0.15) is 11.3 Å². The maximum Gasteiger partial charge on any atom is 0.433 e. The number of halogens is 3. The van der Waals surface area contributed by atoms with Crippen LogP contribution in [0.5, 0.6) is 5.88 Å². The molecule has 6 heteroatoms. The molecule has 1 aromatic carbocycles. The largest absolute Gasteiger partial charge is 0.477 e. The number of ether oxygens (including phenoxy) is 1. The Labute approximate surface area is 114 Å². The fourth-order valence-electron chi connectivity index (χ4n) is 1.68. The highest BCUT2D eigenvalue weighted by atomic mass is 19.4. The zero-order valence-electron chi connectivity index (χ0n) is 10.5. The topological polar surface area (TPSA) is 48.1 Å². The van der Waals surface area contributed by atoms with Crippen LogP contribution in [0.15, 0.2) is 42.5 Å². The van der Waals surface area contributed by atoms with Gasteiger partial charge in [-0.15, -0.1) is 0 Å². The minimum atomic E-state index is -4.47. The van der Waals surface area contributed by atoms with Crippen molar-refractivity contribution < 1.29 is 17.9 Å². The van der Waals surface area contributed by atoms with E-state index in [0.29, 0.717) is 12.1 Å². The lowest BCUT2D eigenvalue weighted by molar-refractivity contribution is -0.141. The zero-order valence-corrected chi connectivity index (χ0v) is 10.5. The molecule has 1 aromatic heterocycles. The van der Waals surface area contributed by atoms with E-state index in [1.807, 2.05) is 18.2 Å². The normalized spacial score (nSPS) is 11.3. The molecule has 0 aliphatic rings. The van der Waals surface area contributed by atoms with Crippen LogP contribution in [0, 0.1) is 0 Å². The number of nitrogens with zero attached hydrogens (tertiary/aromatic N) is 1. The number of nitrogens with two attached hydrogens (primary N) is 1. The molecule has 2 N–H and O–H groups in total. The van der Waals surface area contributed by atoms with E-state index in [1.54, 1.807) is 6.07 Å². The number of para-hydroxylation sites is 1. The molecule has 0 fully saturated rings. The van der Waals surface area contributed by atoms with E-state index in [1.165, 1.54) is 12.1 Å². The molecule has 106 valence electrons. The van der Waals surface area contributed by atoms with Crippen LogP contribution in [0.3, 0.4) is 0 Å². The summed E-state index contributed by atoms with van der Waals surface area (Å²) in [6, 6.07) is 10.8. The minimum Gasteiger partial charge on any atom is -0.477 e. The van der Waals surface area contributed by atoms with E-state index < -0.39 is 11.9 Å². The first-order chi connectivity index (χ1) is 9.47. The lowest BCUT2D eigenvalue weighted by Gasteiger charge is -2.09. The molecule has 2 rings (SSSR count). The summed E-state index contributed by atoms with van der Waals surface area (Å²) < 4.78 is 42.7. The molecule has 0 saturated heterocycles. The Morgan fingerprint density at radius 3 is 2.50 bits per heavy atom. The first-order valence-electron chi connectivity index (χ1n) is 5.97. The maximum absolute atomic E-state index is 12.5. The molecule has 0 saturated carbocycles. The van der Waals surface area contributed by atoms with Gasteiger partial charge >= 0.3 is 6.18 Å². The Morgan fingerprint density at radius 2 is 1.80 bits per heavy atom. The van der Waals surface area contributed by atoms with Crippen molar-refractivity contribution in [3.8, 4) is 5.88 Å². The summed E-state index contributed by atoms with van der Waals surface area (Å²) in [7, 11) is 0. The van der Waals surface area contributed by atoms with E-state index in [4.69, 9.17) is 10.5 Å². The standard InChI is InChI=1S/C14H13F3N2O/c15-14(16,17)12-6-3-7-13(19-12)20-9-8-10-4-1-2-5-11(10)18/h1-7H,8-9,18H2. The molecular formula is C14H13F3N2O. The van der Waals surface area contributed by atoms with Gasteiger partial charge < -0.3 is 10.5 Å². The van der Waals surface area contributed by atoms with E-state index in [0.717, 1.165) is 11.6 Å². The Hall–Kier alpha value is -2.24. The van der Waals surface area contributed by atoms with Crippen molar-refractivity contribution in [2.24, 2.45) is 0 Å². The van der Waals surface area contributed by atoms with Gasteiger partial charge in [0.15, 0.2) is 0 Å². The quantitative estimate of drug-likeness (QED) is 0.875. The average Bonchev–Trinajstić information content (AvgIpc) is 2.40. The average molecular weight is 282 g/mol. The second-order valence-electron chi connectivity index (χ2n) is 4.16. The summed E-state index contributed by atoms with van der Waals surface area (Å²) >= 11 is 0. The molecule has 0 unspecified atom stereocenters. The van der Waals surface area contributed by atoms with Crippen LogP contribution >= 0.6 is 0 Å². The highest BCUT2D eigenvalue weighted by Crippen LogP contribution is 2.28. The Kier molecular flexibility index (Phi) is 4.12. The Bertz CT molecular complexity index is 585. The van der Waals surface area contributed by atoms with E-state index in [9.17, 15) is 13.2 Å². The molecule has 0 amide bonds. The fourth-order valence-corrected chi connectivity index (χ4v) is 1.68. The highest BCUT2D eigenvalue weighted by Gasteiger charge is 2.32. The van der Waals surface area contributed by atoms with Crippen LogP contribution in [-0.2, 0) is 12.6 Å². The number of rotatable bonds is 4. The summed E-state index contributed by atoms with van der Waals surface area (Å²) in [5.41, 5.74) is 6.32. The van der Waals surface area contributed by atoms with E-state index in [-0.39, 0.29) is 12.5 Å². The molecular weight excluding hydrogens is 269 g/mol. The number of pyridine rings is 1. The molecule has 0 atom stereocenters. The molecule has 0 radical (unpaired) electrons. The smallest absolute Gasteiger partial charge is 0.433 e. The van der Waals surface area contributed by atoms with E-state index in [2.05, 4.69) is 4.98 Å². The molecule has 0 aliphatic heterocycles. The van der Waals surface area contributed by atoms with Gasteiger partial charge in [0.05, 0.1) is 6.61 Å². The van der Waals surface area contributed by atoms with Crippen LogP contribution in [-0.4, -0.2) is 11.6 Å². The summed E-state index contributed by atoms with van der Waals surface area (Å²) in [4.78, 5) is 3.42. The van der Waals surface area contributed by atoms with Crippen LogP contribution in [0.2, 0.25) is 0 Å². The van der Waals surface area contributed by atoms with Crippen molar-refractivity contribution in [3.05, 3.63) is 53.7 Å². The zero-order chi connectivity index (χ0) is 14.6. The van der Waals surface area contributed by atoms with Crippen LogP contribution in [0.25, 0.3) is 0 Å². The van der Waals surface area contributed by atoms with Gasteiger partial charge in [0.1, 0.15) is 5.69 Å². The lowest BCUT2D eigenvalue weighted by atomic mass is 10.1. The highest BCUT2D eigenvalue weighted by molar-refractivity contribution is 5.46. The third-order valence-corrected chi connectivity index (χ3v) is 2.69. The predicted octanol–water partition coefficient (Wildman–Crippen LogP) is 3.30. The number of benzene rings is 1. The first-order valence-corrected chi connectivity index (χ1v) is 5.97. The van der Waals surface area contributed by atoms with Gasteiger partial charge in [-0.1, -0.05) is 24.3 Å². The molecule has 20 heavy (non-hydrogen) atoms. The number of hydrogen-bond donors (Lipinski definition) is 1. The predicted molar refractivity (Wildman–Crippen MR) is 69.3 cm³/mol. The van der Waals surface area contributed by atoms with Gasteiger partial charge in [0.2, 0.25) is 5.88 Å². The minimum absolute atomic E-state index is 0.0469. The summed E-state index contributed by atoms with van der Waals surface area (Å²) in [6.45, 7) is 0.211. The van der Waals surface area contributed by atoms with Gasteiger partial charge in [-0.2, -0.15) is 13.2 Å². The van der Waals surface area contributed by atoms with Crippen molar-refractivity contribution >= 4 is 5.69 Å². The number of aromatic nitrogens is 1. The molecule has 0 bridgehead atoms. The third-order valence-electron chi connectivity index (χ3n) is 2.69. The van der Waals surface area contributed by atoms with Gasteiger partial charge in [-0.05, 0) is 17.7 Å². The number of anilines is 1. The Balaban J connectivity index is 1.97. The summed E-state index contributed by atoms with van der Waals surface area (Å²) in [5.74, 6) is -0.0469. The number of alkyl halides is 3. The lowest BCUT2D eigenvalue weighted by Crippen LogP contribution is -2.10. The van der Waals surface area contributed by atoms with Gasteiger partial charge in [-0.3, -0.25) is 0 Å². The van der Waals surface area contributed by atoms with Crippen molar-refractivity contribution in [1.82, 2.24) is 4.98 Å².